The number of H-pyrrole nitrogens is 2. The highest BCUT2D eigenvalue weighted by Gasteiger charge is 2.17. The molecule has 0 aliphatic carbocycles. The Bertz CT molecular complexity index is 1080. The second-order valence-electron chi connectivity index (χ2n) is 5.76. The van der Waals surface area contributed by atoms with E-state index in [2.05, 4.69) is 15.3 Å². The number of amides is 1. The van der Waals surface area contributed by atoms with E-state index in [0.29, 0.717) is 16.7 Å². The quantitative estimate of drug-likeness (QED) is 0.475. The van der Waals surface area contributed by atoms with Crippen LogP contribution in [0.2, 0.25) is 0 Å². The molecule has 3 aromatic rings. The zero-order valence-electron chi connectivity index (χ0n) is 14.3. The molecule has 138 valence electrons. The van der Waals surface area contributed by atoms with Gasteiger partial charge in [-0.3, -0.25) is 4.79 Å². The van der Waals surface area contributed by atoms with Crippen LogP contribution in [-0.2, 0) is 14.3 Å². The number of carbonyl (C=O) groups excluding carboxylic acids is 2. The Balaban J connectivity index is 1.60. The number of fused-ring (bicyclic) bond motifs is 1. The molecular formula is C19H16FN3O4. The van der Waals surface area contributed by atoms with Crippen LogP contribution in [0.3, 0.4) is 0 Å². The second kappa shape index (κ2) is 7.69. The summed E-state index contributed by atoms with van der Waals surface area (Å²) in [5.41, 5.74) is 1.47. The first-order valence-electron chi connectivity index (χ1n) is 8.08. The third-order valence-electron chi connectivity index (χ3n) is 3.75. The van der Waals surface area contributed by atoms with Crippen molar-refractivity contribution in [3.05, 3.63) is 70.4 Å². The number of nitrogens with one attached hydrogen (secondary N) is 3. The molecule has 0 saturated heterocycles. The van der Waals surface area contributed by atoms with Crippen LogP contribution in [0.15, 0.2) is 53.3 Å². The average Bonchev–Trinajstić information content (AvgIpc) is 3.00. The van der Waals surface area contributed by atoms with E-state index < -0.39 is 23.8 Å². The maximum absolute atomic E-state index is 13.5. The summed E-state index contributed by atoms with van der Waals surface area (Å²) in [5.74, 6) is -1.78. The fraction of sp³-hybridized carbons (Fsp3) is 0.105. The zero-order chi connectivity index (χ0) is 19.4. The number of aromatic nitrogens is 2. The lowest BCUT2D eigenvalue weighted by Crippen LogP contribution is -2.29. The van der Waals surface area contributed by atoms with Gasteiger partial charge in [-0.2, -0.15) is 0 Å². The minimum absolute atomic E-state index is 0.236. The summed E-state index contributed by atoms with van der Waals surface area (Å²) in [7, 11) is 0. The molecule has 0 aliphatic rings. The lowest BCUT2D eigenvalue weighted by Gasteiger charge is -2.12. The van der Waals surface area contributed by atoms with Crippen molar-refractivity contribution in [2.24, 2.45) is 0 Å². The van der Waals surface area contributed by atoms with Crippen molar-refractivity contribution in [2.75, 3.05) is 5.32 Å². The Hall–Kier alpha value is -3.68. The van der Waals surface area contributed by atoms with Crippen molar-refractivity contribution in [1.82, 2.24) is 9.97 Å². The van der Waals surface area contributed by atoms with Crippen LogP contribution in [0.5, 0.6) is 0 Å². The molecule has 0 radical (unpaired) electrons. The van der Waals surface area contributed by atoms with E-state index in [0.717, 1.165) is 6.08 Å². The average molecular weight is 369 g/mol. The van der Waals surface area contributed by atoms with E-state index in [-0.39, 0.29) is 11.3 Å². The number of imidazole rings is 1. The molecule has 2 aromatic carbocycles. The molecule has 27 heavy (non-hydrogen) atoms. The second-order valence-corrected chi connectivity index (χ2v) is 5.76. The lowest BCUT2D eigenvalue weighted by molar-refractivity contribution is -0.148. The predicted molar refractivity (Wildman–Crippen MR) is 98.5 cm³/mol. The van der Waals surface area contributed by atoms with E-state index in [1.807, 2.05) is 0 Å². The van der Waals surface area contributed by atoms with Crippen molar-refractivity contribution in [3.8, 4) is 0 Å². The highest BCUT2D eigenvalue weighted by Crippen LogP contribution is 2.15. The molecule has 1 aromatic heterocycles. The maximum Gasteiger partial charge on any atom is 0.331 e. The lowest BCUT2D eigenvalue weighted by atomic mass is 10.2. The first-order chi connectivity index (χ1) is 12.9. The van der Waals surface area contributed by atoms with Gasteiger partial charge in [0.05, 0.1) is 11.0 Å². The van der Waals surface area contributed by atoms with Gasteiger partial charge in [0.15, 0.2) is 6.10 Å². The summed E-state index contributed by atoms with van der Waals surface area (Å²) in [6.45, 7) is 1.42. The first-order valence-corrected chi connectivity index (χ1v) is 8.08. The number of hydrogen-bond donors (Lipinski definition) is 3. The molecule has 1 heterocycles. The number of carbonyl (C=O) groups is 2. The standard InChI is InChI=1S/C19H16FN3O4/c1-11(27-17(24)9-6-12-4-2-3-5-14(12)20)18(25)21-13-7-8-15-16(10-13)23-19(26)22-15/h2-11H,1H3,(H,21,25)(H2,22,23,26)/b9-6+. The molecule has 0 bridgehead atoms. The molecule has 3 N–H and O–H groups in total. The van der Waals surface area contributed by atoms with Crippen LogP contribution in [0.25, 0.3) is 17.1 Å². The van der Waals surface area contributed by atoms with E-state index in [4.69, 9.17) is 4.74 Å². The Morgan fingerprint density at radius 1 is 1.15 bits per heavy atom. The predicted octanol–water partition coefficient (Wildman–Crippen LogP) is 2.58. The Kier molecular flexibility index (Phi) is 5.16. The van der Waals surface area contributed by atoms with Crippen molar-refractivity contribution in [2.45, 2.75) is 13.0 Å². The first kappa shape index (κ1) is 18.1. The van der Waals surface area contributed by atoms with Gasteiger partial charge in [0.25, 0.3) is 5.91 Å². The van der Waals surface area contributed by atoms with Gasteiger partial charge < -0.3 is 20.0 Å². The summed E-state index contributed by atoms with van der Waals surface area (Å²) in [4.78, 5) is 40.4. The number of halogens is 1. The summed E-state index contributed by atoms with van der Waals surface area (Å²) < 4.78 is 18.5. The van der Waals surface area contributed by atoms with Gasteiger partial charge in [-0.1, -0.05) is 18.2 Å². The Morgan fingerprint density at radius 3 is 2.67 bits per heavy atom. The normalized spacial score (nSPS) is 12.2. The number of esters is 1. The molecule has 1 unspecified atom stereocenters. The zero-order valence-corrected chi connectivity index (χ0v) is 14.3. The molecule has 1 atom stereocenters. The Labute approximate surface area is 152 Å². The third kappa shape index (κ3) is 4.49. The highest BCUT2D eigenvalue weighted by molar-refractivity contribution is 5.97. The molecule has 3 rings (SSSR count). The summed E-state index contributed by atoms with van der Waals surface area (Å²) in [5, 5.41) is 2.60. The van der Waals surface area contributed by atoms with Crippen LogP contribution in [0, 0.1) is 5.82 Å². The van der Waals surface area contributed by atoms with Crippen molar-refractivity contribution >= 4 is 34.7 Å². The maximum atomic E-state index is 13.5. The number of hydrogen-bond acceptors (Lipinski definition) is 4. The number of aromatic amines is 2. The molecule has 0 fully saturated rings. The van der Waals surface area contributed by atoms with Gasteiger partial charge in [0.2, 0.25) is 0 Å². The van der Waals surface area contributed by atoms with Crippen molar-refractivity contribution in [3.63, 3.8) is 0 Å². The number of rotatable bonds is 5. The van der Waals surface area contributed by atoms with Crippen molar-refractivity contribution < 1.29 is 18.7 Å². The minimum Gasteiger partial charge on any atom is -0.449 e. The van der Waals surface area contributed by atoms with Crippen molar-refractivity contribution in [1.29, 1.82) is 0 Å². The molecule has 7 nitrogen and oxygen atoms in total. The molecule has 0 spiro atoms. The minimum atomic E-state index is -1.07. The third-order valence-corrected chi connectivity index (χ3v) is 3.75. The number of benzene rings is 2. The van der Waals surface area contributed by atoms with E-state index in [1.54, 1.807) is 24.3 Å². The fourth-order valence-electron chi connectivity index (χ4n) is 2.39. The highest BCUT2D eigenvalue weighted by atomic mass is 19.1. The Morgan fingerprint density at radius 2 is 1.89 bits per heavy atom. The molecule has 0 saturated carbocycles. The molecular weight excluding hydrogens is 353 g/mol. The van der Waals surface area contributed by atoms with Crippen LogP contribution in [-0.4, -0.2) is 27.9 Å². The molecule has 8 heteroatoms. The van der Waals surface area contributed by atoms with E-state index in [1.165, 1.54) is 31.2 Å². The fourth-order valence-corrected chi connectivity index (χ4v) is 2.39. The van der Waals surface area contributed by atoms with Crippen LogP contribution in [0.1, 0.15) is 12.5 Å². The van der Waals surface area contributed by atoms with Crippen LogP contribution >= 0.6 is 0 Å². The topological polar surface area (TPSA) is 104 Å². The van der Waals surface area contributed by atoms with Gasteiger partial charge in [0.1, 0.15) is 5.82 Å². The monoisotopic (exact) mass is 369 g/mol. The van der Waals surface area contributed by atoms with E-state index >= 15 is 0 Å². The summed E-state index contributed by atoms with van der Waals surface area (Å²) in [6.07, 6.45) is 1.26. The van der Waals surface area contributed by atoms with Gasteiger partial charge in [-0.25, -0.2) is 14.0 Å². The number of ether oxygens (including phenoxy) is 1. The van der Waals surface area contributed by atoms with Gasteiger partial charge in [-0.15, -0.1) is 0 Å². The largest absolute Gasteiger partial charge is 0.449 e. The molecule has 1 amide bonds. The van der Waals surface area contributed by atoms with E-state index in [9.17, 15) is 18.8 Å². The van der Waals surface area contributed by atoms with Gasteiger partial charge in [-0.05, 0) is 37.3 Å². The smallest absolute Gasteiger partial charge is 0.331 e. The van der Waals surface area contributed by atoms with Gasteiger partial charge >= 0.3 is 11.7 Å². The summed E-state index contributed by atoms with van der Waals surface area (Å²) in [6, 6.07) is 10.8. The SMILES string of the molecule is CC(OC(=O)/C=C/c1ccccc1F)C(=O)Nc1ccc2[nH]c(=O)[nH]c2c1. The summed E-state index contributed by atoms with van der Waals surface area (Å²) >= 11 is 0. The van der Waals surface area contributed by atoms with Gasteiger partial charge in [0, 0.05) is 17.3 Å². The van der Waals surface area contributed by atoms with Crippen LogP contribution in [0.4, 0.5) is 10.1 Å². The van der Waals surface area contributed by atoms with Crippen LogP contribution < -0.4 is 11.0 Å². The molecule has 0 aliphatic heterocycles. The number of anilines is 1.